The van der Waals surface area contributed by atoms with Crippen LogP contribution in [0.4, 0.5) is 0 Å². The average Bonchev–Trinajstić information content (AvgIpc) is 2.51. The van der Waals surface area contributed by atoms with E-state index in [1.54, 1.807) is 0 Å². The van der Waals surface area contributed by atoms with E-state index in [2.05, 4.69) is 44.5 Å². The third-order valence-electron chi connectivity index (χ3n) is 2.21. The summed E-state index contributed by atoms with van der Waals surface area (Å²) in [5.74, 6) is 0. The molecule has 0 fully saturated rings. The molecule has 0 N–H and O–H groups in total. The topological polar surface area (TPSA) is 0 Å². The van der Waals surface area contributed by atoms with E-state index in [1.165, 1.54) is 22.3 Å². The van der Waals surface area contributed by atoms with E-state index in [1.807, 2.05) is 0 Å². The number of hydrogen-bond donors (Lipinski definition) is 0. The minimum atomic E-state index is -0.556. The summed E-state index contributed by atoms with van der Waals surface area (Å²) in [5.41, 5.74) is 5.55. The van der Waals surface area contributed by atoms with Gasteiger partial charge < -0.3 is 0 Å². The quantitative estimate of drug-likeness (QED) is 0.610. The maximum absolute atomic E-state index is 4.89. The van der Waals surface area contributed by atoms with Crippen LogP contribution in [0.5, 0.6) is 0 Å². The number of rotatable bonds is 0. The zero-order chi connectivity index (χ0) is 10.6. The molecule has 1 aromatic carbocycles. The molecule has 0 atom stereocenters. The molecule has 0 aliphatic heterocycles. The number of aryl methyl sites for hydroxylation is 1. The van der Waals surface area contributed by atoms with Crippen molar-refractivity contribution in [1.29, 1.82) is 0 Å². The van der Waals surface area contributed by atoms with Gasteiger partial charge in [-0.2, -0.15) is 0 Å². The third-order valence-corrected chi connectivity index (χ3v) is 2.21. The summed E-state index contributed by atoms with van der Waals surface area (Å²) in [4.78, 5) is 0. The Hall–Kier alpha value is 0.254. The van der Waals surface area contributed by atoms with Gasteiger partial charge in [-0.05, 0) is 36.1 Å². The summed E-state index contributed by atoms with van der Waals surface area (Å²) >= 11 is -0.556. The molecule has 1 radical (unpaired) electrons. The molecule has 0 saturated carbocycles. The molecule has 0 saturated heterocycles. The number of halogens is 2. The van der Waals surface area contributed by atoms with Gasteiger partial charge in [-0.3, -0.25) is 0 Å². The first kappa shape index (κ1) is 12.3. The van der Waals surface area contributed by atoms with Gasteiger partial charge in [-0.1, -0.05) is 24.3 Å². The molecule has 73 valence electrons. The van der Waals surface area contributed by atoms with E-state index in [4.69, 9.17) is 18.6 Å². The number of allylic oxidation sites excluding steroid dienone is 2. The molecule has 1 aromatic rings. The van der Waals surface area contributed by atoms with E-state index < -0.39 is 17.0 Å². The molecule has 0 unspecified atom stereocenters. The summed E-state index contributed by atoms with van der Waals surface area (Å²) in [6, 6.07) is 6.43. The van der Waals surface area contributed by atoms with Crippen LogP contribution in [0, 0.1) is 13.3 Å². The van der Waals surface area contributed by atoms with Crippen LogP contribution in [0.2, 0.25) is 0 Å². The van der Waals surface area contributed by atoms with Crippen molar-refractivity contribution in [2.75, 3.05) is 0 Å². The maximum atomic E-state index is 4.89. The van der Waals surface area contributed by atoms with Crippen LogP contribution in [0.1, 0.15) is 23.6 Å². The fraction of sp³-hybridized carbons (Fsp3) is 0.182. The third kappa shape index (κ3) is 2.87. The molecule has 1 aliphatic rings. The zero-order valence-electron chi connectivity index (χ0n) is 8.14. The Morgan fingerprint density at radius 1 is 1.14 bits per heavy atom. The van der Waals surface area contributed by atoms with Crippen molar-refractivity contribution in [3.05, 3.63) is 47.4 Å². The molecule has 0 amide bonds. The Morgan fingerprint density at radius 3 is 2.36 bits per heavy atom. The second kappa shape index (κ2) is 5.97. The normalized spacial score (nSPS) is 12.4. The predicted octanol–water partition coefficient (Wildman–Crippen LogP) is 4.34. The Bertz CT molecular complexity index is 345. The molecule has 0 bridgehead atoms. The summed E-state index contributed by atoms with van der Waals surface area (Å²) < 4.78 is 0. The predicted molar refractivity (Wildman–Crippen MR) is 59.9 cm³/mol. The second-order valence-corrected chi connectivity index (χ2v) is 5.71. The van der Waals surface area contributed by atoms with Crippen LogP contribution in [-0.4, -0.2) is 0 Å². The standard InChI is InChI=1S/C11H11.2ClH.Ti/c1-8-4-3-5-10-7-6-9(2)11(8)10;;;/h3-7H,1-2H3;2*1H;/q;;;+2/p-2. The molecule has 0 nitrogen and oxygen atoms in total. The molecule has 1 aliphatic carbocycles. The van der Waals surface area contributed by atoms with Crippen molar-refractivity contribution in [3.8, 4) is 0 Å². The zero-order valence-corrected chi connectivity index (χ0v) is 11.2. The minimum absolute atomic E-state index is 0.556. The van der Waals surface area contributed by atoms with Gasteiger partial charge in [0.25, 0.3) is 0 Å². The van der Waals surface area contributed by atoms with E-state index in [9.17, 15) is 0 Å². The van der Waals surface area contributed by atoms with Crippen LogP contribution < -0.4 is 0 Å². The van der Waals surface area contributed by atoms with Crippen LogP contribution in [0.3, 0.4) is 0 Å². The molecular formula is C11H11Cl2Ti. The van der Waals surface area contributed by atoms with Crippen molar-refractivity contribution in [2.24, 2.45) is 0 Å². The Labute approximate surface area is 102 Å². The molecule has 2 rings (SSSR count). The van der Waals surface area contributed by atoms with Crippen LogP contribution in [0.15, 0.2) is 24.3 Å². The van der Waals surface area contributed by atoms with E-state index in [-0.39, 0.29) is 0 Å². The Balaban J connectivity index is 0.000000293. The van der Waals surface area contributed by atoms with Crippen molar-refractivity contribution in [3.63, 3.8) is 0 Å². The molecule has 3 heteroatoms. The summed E-state index contributed by atoms with van der Waals surface area (Å²) in [7, 11) is 9.78. The van der Waals surface area contributed by atoms with Gasteiger partial charge in [-0.25, -0.2) is 0 Å². The molecule has 0 heterocycles. The van der Waals surface area contributed by atoms with E-state index in [0.717, 1.165) is 0 Å². The summed E-state index contributed by atoms with van der Waals surface area (Å²) in [6.07, 6.45) is 4.36. The fourth-order valence-electron chi connectivity index (χ4n) is 1.67. The van der Waals surface area contributed by atoms with Gasteiger partial charge >= 0.3 is 35.6 Å². The van der Waals surface area contributed by atoms with Crippen LogP contribution >= 0.6 is 18.6 Å². The number of hydrogen-bond acceptors (Lipinski definition) is 0. The van der Waals surface area contributed by atoms with Gasteiger partial charge in [0, 0.05) is 6.42 Å². The number of benzene rings is 1. The van der Waals surface area contributed by atoms with E-state index in [0.29, 0.717) is 0 Å². The SMILES string of the molecule is CC1=C[CH]c2cccc(C)c21.[Cl][Ti][Cl]. The first-order valence-corrected chi connectivity index (χ1v) is 8.58. The van der Waals surface area contributed by atoms with Crippen LogP contribution in [0.25, 0.3) is 5.57 Å². The Morgan fingerprint density at radius 2 is 1.79 bits per heavy atom. The van der Waals surface area contributed by atoms with E-state index >= 15 is 0 Å². The van der Waals surface area contributed by atoms with Gasteiger partial charge in [0.2, 0.25) is 0 Å². The summed E-state index contributed by atoms with van der Waals surface area (Å²) in [6.45, 7) is 4.32. The second-order valence-electron chi connectivity index (χ2n) is 3.13. The van der Waals surface area contributed by atoms with Gasteiger partial charge in [0.15, 0.2) is 0 Å². The van der Waals surface area contributed by atoms with Gasteiger partial charge in [-0.15, -0.1) is 0 Å². The average molecular weight is 262 g/mol. The first-order chi connectivity index (χ1) is 6.70. The Kier molecular flexibility index (Phi) is 5.26. The monoisotopic (exact) mass is 261 g/mol. The number of fused-ring (bicyclic) bond motifs is 1. The van der Waals surface area contributed by atoms with Gasteiger partial charge in [0.1, 0.15) is 0 Å². The van der Waals surface area contributed by atoms with Crippen molar-refractivity contribution in [1.82, 2.24) is 0 Å². The van der Waals surface area contributed by atoms with Crippen molar-refractivity contribution in [2.45, 2.75) is 13.8 Å². The van der Waals surface area contributed by atoms with Gasteiger partial charge in [0.05, 0.1) is 0 Å². The molecule has 0 aromatic heterocycles. The molecular weight excluding hydrogens is 251 g/mol. The molecule has 14 heavy (non-hydrogen) atoms. The van der Waals surface area contributed by atoms with Crippen LogP contribution in [-0.2, 0) is 17.0 Å². The van der Waals surface area contributed by atoms with Crippen molar-refractivity contribution >= 4 is 24.2 Å². The fourth-order valence-corrected chi connectivity index (χ4v) is 1.67. The van der Waals surface area contributed by atoms with Crippen molar-refractivity contribution < 1.29 is 17.0 Å². The summed E-state index contributed by atoms with van der Waals surface area (Å²) in [5, 5.41) is 0. The first-order valence-electron chi connectivity index (χ1n) is 4.28. The molecule has 0 spiro atoms.